The number of nitrogens with two attached hydrogens (primary N) is 1. The van der Waals surface area contributed by atoms with Gasteiger partial charge in [0.25, 0.3) is 0 Å². The van der Waals surface area contributed by atoms with Crippen molar-refractivity contribution in [3.8, 4) is 0 Å². The summed E-state index contributed by atoms with van der Waals surface area (Å²) in [4.78, 5) is 11.1. The average Bonchev–Trinajstić information content (AvgIpc) is 2.29. The molecule has 0 saturated heterocycles. The first-order valence-electron chi connectivity index (χ1n) is 5.04. The number of hydrogen-bond donors (Lipinski definition) is 2. The van der Waals surface area contributed by atoms with Crippen molar-refractivity contribution in [3.05, 3.63) is 42.5 Å². The van der Waals surface area contributed by atoms with E-state index >= 15 is 0 Å². The van der Waals surface area contributed by atoms with E-state index in [1.165, 1.54) is 6.08 Å². The number of benzene rings is 1. The number of rotatable bonds is 6. The van der Waals surface area contributed by atoms with Gasteiger partial charge in [0, 0.05) is 12.2 Å². The molecular formula is C12H16N2O2. The van der Waals surface area contributed by atoms with Crippen LogP contribution in [0.25, 0.3) is 0 Å². The minimum Gasteiger partial charge on any atom is -0.461 e. The minimum absolute atomic E-state index is 0.169. The molecule has 16 heavy (non-hydrogen) atoms. The van der Waals surface area contributed by atoms with Crippen LogP contribution in [-0.2, 0) is 16.1 Å². The summed E-state index contributed by atoms with van der Waals surface area (Å²) in [6.07, 6.45) is 1.53. The smallest absolute Gasteiger partial charge is 0.320 e. The molecule has 1 aromatic rings. The van der Waals surface area contributed by atoms with Crippen molar-refractivity contribution in [1.29, 1.82) is 0 Å². The summed E-state index contributed by atoms with van der Waals surface area (Å²) in [5, 5.41) is 2.96. The highest BCUT2D eigenvalue weighted by Crippen LogP contribution is 2.09. The molecule has 0 aliphatic carbocycles. The predicted octanol–water partition coefficient (Wildman–Crippen LogP) is 1.09. The van der Waals surface area contributed by atoms with Gasteiger partial charge in [-0.25, -0.2) is 0 Å². The van der Waals surface area contributed by atoms with Gasteiger partial charge in [0.2, 0.25) is 0 Å². The summed E-state index contributed by atoms with van der Waals surface area (Å²) in [7, 11) is 0. The Morgan fingerprint density at radius 2 is 2.25 bits per heavy atom. The number of ether oxygens (including phenoxy) is 1. The van der Waals surface area contributed by atoms with Crippen LogP contribution in [0.5, 0.6) is 0 Å². The van der Waals surface area contributed by atoms with E-state index < -0.39 is 0 Å². The van der Waals surface area contributed by atoms with Gasteiger partial charge in [-0.3, -0.25) is 4.79 Å². The SMILES string of the molecule is C=CCOC(=O)CNCc1ccccc1N. The highest BCUT2D eigenvalue weighted by molar-refractivity contribution is 5.71. The standard InChI is InChI=1S/C12H16N2O2/c1-2-7-16-12(15)9-14-8-10-5-3-4-6-11(10)13/h2-6,14H,1,7-9,13H2. The lowest BCUT2D eigenvalue weighted by molar-refractivity contribution is -0.141. The molecule has 1 aromatic carbocycles. The Labute approximate surface area is 95.1 Å². The van der Waals surface area contributed by atoms with E-state index in [1.807, 2.05) is 24.3 Å². The number of anilines is 1. The van der Waals surface area contributed by atoms with E-state index in [9.17, 15) is 4.79 Å². The molecule has 0 radical (unpaired) electrons. The summed E-state index contributed by atoms with van der Waals surface area (Å²) in [5.74, 6) is -0.297. The average molecular weight is 220 g/mol. The molecule has 0 heterocycles. The van der Waals surface area contributed by atoms with Gasteiger partial charge in [0.1, 0.15) is 6.61 Å². The van der Waals surface area contributed by atoms with Crippen LogP contribution in [0, 0.1) is 0 Å². The van der Waals surface area contributed by atoms with E-state index in [1.54, 1.807) is 0 Å². The third kappa shape index (κ3) is 4.14. The Morgan fingerprint density at radius 3 is 2.94 bits per heavy atom. The molecule has 0 aliphatic heterocycles. The molecule has 0 aliphatic rings. The van der Waals surface area contributed by atoms with Gasteiger partial charge in [-0.1, -0.05) is 30.9 Å². The van der Waals surface area contributed by atoms with Gasteiger partial charge in [-0.15, -0.1) is 0 Å². The maximum absolute atomic E-state index is 11.1. The van der Waals surface area contributed by atoms with Crippen LogP contribution < -0.4 is 11.1 Å². The fraction of sp³-hybridized carbons (Fsp3) is 0.250. The Balaban J connectivity index is 2.28. The topological polar surface area (TPSA) is 64.3 Å². The van der Waals surface area contributed by atoms with Gasteiger partial charge in [0.15, 0.2) is 0 Å². The van der Waals surface area contributed by atoms with E-state index in [0.29, 0.717) is 6.54 Å². The normalized spacial score (nSPS) is 9.75. The molecule has 1 rings (SSSR count). The Hall–Kier alpha value is -1.81. The number of carbonyl (C=O) groups excluding carboxylic acids is 1. The fourth-order valence-corrected chi connectivity index (χ4v) is 1.20. The van der Waals surface area contributed by atoms with Gasteiger partial charge in [-0.2, -0.15) is 0 Å². The summed E-state index contributed by atoms with van der Waals surface area (Å²) in [6.45, 7) is 4.42. The van der Waals surface area contributed by atoms with E-state index in [2.05, 4.69) is 11.9 Å². The number of carbonyl (C=O) groups is 1. The zero-order chi connectivity index (χ0) is 11.8. The minimum atomic E-state index is -0.297. The van der Waals surface area contributed by atoms with Crippen molar-refractivity contribution >= 4 is 11.7 Å². The van der Waals surface area contributed by atoms with Gasteiger partial charge in [-0.05, 0) is 11.6 Å². The lowest BCUT2D eigenvalue weighted by Crippen LogP contribution is -2.24. The molecule has 0 aromatic heterocycles. The third-order valence-corrected chi connectivity index (χ3v) is 2.00. The molecule has 3 N–H and O–H groups in total. The first kappa shape index (κ1) is 12.3. The van der Waals surface area contributed by atoms with Crippen molar-refractivity contribution < 1.29 is 9.53 Å². The molecule has 0 amide bonds. The first-order valence-corrected chi connectivity index (χ1v) is 5.04. The highest BCUT2D eigenvalue weighted by Gasteiger charge is 2.02. The van der Waals surface area contributed by atoms with Crippen molar-refractivity contribution in [1.82, 2.24) is 5.32 Å². The van der Waals surface area contributed by atoms with E-state index in [0.717, 1.165) is 11.3 Å². The first-order chi connectivity index (χ1) is 7.74. The van der Waals surface area contributed by atoms with Crippen LogP contribution in [0.2, 0.25) is 0 Å². The zero-order valence-electron chi connectivity index (χ0n) is 9.11. The van der Waals surface area contributed by atoms with Crippen molar-refractivity contribution in [2.24, 2.45) is 0 Å². The van der Waals surface area contributed by atoms with Crippen LogP contribution in [0.3, 0.4) is 0 Å². The highest BCUT2D eigenvalue weighted by atomic mass is 16.5. The third-order valence-electron chi connectivity index (χ3n) is 2.00. The number of para-hydroxylation sites is 1. The van der Waals surface area contributed by atoms with E-state index in [-0.39, 0.29) is 19.1 Å². The fourth-order valence-electron chi connectivity index (χ4n) is 1.20. The van der Waals surface area contributed by atoms with Crippen LogP contribution >= 0.6 is 0 Å². The van der Waals surface area contributed by atoms with Crippen molar-refractivity contribution in [3.63, 3.8) is 0 Å². The lowest BCUT2D eigenvalue weighted by atomic mass is 10.2. The molecule has 0 unspecified atom stereocenters. The predicted molar refractivity (Wildman–Crippen MR) is 63.7 cm³/mol. The Kier molecular flexibility index (Phi) is 5.08. The second-order valence-electron chi connectivity index (χ2n) is 3.27. The molecule has 0 atom stereocenters. The molecule has 4 heteroatoms. The Bertz CT molecular complexity index is 364. The largest absolute Gasteiger partial charge is 0.461 e. The summed E-state index contributed by atoms with van der Waals surface area (Å²) in [5.41, 5.74) is 7.44. The number of esters is 1. The monoisotopic (exact) mass is 220 g/mol. The van der Waals surface area contributed by atoms with Crippen LogP contribution in [0.1, 0.15) is 5.56 Å². The number of nitrogens with one attached hydrogen (secondary N) is 1. The zero-order valence-corrected chi connectivity index (χ0v) is 9.11. The number of nitrogen functional groups attached to an aromatic ring is 1. The number of hydrogen-bond acceptors (Lipinski definition) is 4. The molecular weight excluding hydrogens is 204 g/mol. The van der Waals surface area contributed by atoms with Crippen LogP contribution in [0.15, 0.2) is 36.9 Å². The second kappa shape index (κ2) is 6.63. The summed E-state index contributed by atoms with van der Waals surface area (Å²) in [6, 6.07) is 7.52. The molecule has 4 nitrogen and oxygen atoms in total. The molecule has 86 valence electrons. The van der Waals surface area contributed by atoms with Gasteiger partial charge in [0.05, 0.1) is 6.54 Å². The van der Waals surface area contributed by atoms with Crippen molar-refractivity contribution in [2.75, 3.05) is 18.9 Å². The molecule has 0 fully saturated rings. The van der Waals surface area contributed by atoms with Crippen molar-refractivity contribution in [2.45, 2.75) is 6.54 Å². The van der Waals surface area contributed by atoms with Crippen LogP contribution in [-0.4, -0.2) is 19.1 Å². The molecule has 0 bridgehead atoms. The maximum atomic E-state index is 11.1. The Morgan fingerprint density at radius 1 is 1.50 bits per heavy atom. The maximum Gasteiger partial charge on any atom is 0.320 e. The molecule has 0 spiro atoms. The molecule has 0 saturated carbocycles. The van der Waals surface area contributed by atoms with E-state index in [4.69, 9.17) is 10.5 Å². The van der Waals surface area contributed by atoms with Crippen LogP contribution in [0.4, 0.5) is 5.69 Å². The summed E-state index contributed by atoms with van der Waals surface area (Å²) < 4.78 is 4.81. The second-order valence-corrected chi connectivity index (χ2v) is 3.27. The summed E-state index contributed by atoms with van der Waals surface area (Å²) >= 11 is 0. The van der Waals surface area contributed by atoms with Gasteiger partial charge >= 0.3 is 5.97 Å². The van der Waals surface area contributed by atoms with Gasteiger partial charge < -0.3 is 15.8 Å². The quantitative estimate of drug-likeness (QED) is 0.428. The lowest BCUT2D eigenvalue weighted by Gasteiger charge is -2.06.